The Morgan fingerprint density at radius 3 is 3.00 bits per heavy atom. The van der Waals surface area contributed by atoms with Crippen molar-refractivity contribution < 1.29 is 4.79 Å². The normalized spacial score (nSPS) is 22.8. The van der Waals surface area contributed by atoms with E-state index in [1.165, 1.54) is 19.3 Å². The van der Waals surface area contributed by atoms with Gasteiger partial charge in [-0.2, -0.15) is 0 Å². The van der Waals surface area contributed by atoms with Crippen molar-refractivity contribution in [2.45, 2.75) is 26.2 Å². The van der Waals surface area contributed by atoms with Gasteiger partial charge in [-0.1, -0.05) is 19.8 Å². The van der Waals surface area contributed by atoms with Crippen LogP contribution in [0, 0.1) is 11.8 Å². The molecule has 1 fully saturated rings. The van der Waals surface area contributed by atoms with E-state index < -0.39 is 0 Å². The summed E-state index contributed by atoms with van der Waals surface area (Å²) in [5.41, 5.74) is 0.616. The third kappa shape index (κ3) is 2.81. The maximum atomic E-state index is 12.1. The smallest absolute Gasteiger partial charge is 0.255 e. The van der Waals surface area contributed by atoms with Crippen LogP contribution in [0.2, 0.25) is 0 Å². The molecule has 0 saturated heterocycles. The monoisotopic (exact) mass is 247 g/mol. The van der Waals surface area contributed by atoms with Gasteiger partial charge >= 0.3 is 0 Å². The van der Waals surface area contributed by atoms with E-state index in [1.807, 2.05) is 0 Å². The highest BCUT2D eigenvalue weighted by Crippen LogP contribution is 2.30. The number of rotatable bonds is 4. The fourth-order valence-electron chi connectivity index (χ4n) is 2.63. The van der Waals surface area contributed by atoms with Gasteiger partial charge < -0.3 is 10.6 Å². The van der Waals surface area contributed by atoms with E-state index >= 15 is 0 Å². The SMILES string of the molecule is CNc1ncccc1C(=O)NCC1CCCC1C. The van der Waals surface area contributed by atoms with Gasteiger partial charge in [-0.05, 0) is 30.4 Å². The van der Waals surface area contributed by atoms with Gasteiger partial charge in [0, 0.05) is 19.8 Å². The topological polar surface area (TPSA) is 54.0 Å². The summed E-state index contributed by atoms with van der Waals surface area (Å²) >= 11 is 0. The molecule has 0 radical (unpaired) electrons. The Bertz CT molecular complexity index is 419. The molecule has 0 bridgehead atoms. The number of aromatic nitrogens is 1. The number of carbonyl (C=O) groups is 1. The lowest BCUT2D eigenvalue weighted by atomic mass is 9.98. The molecule has 1 aliphatic rings. The van der Waals surface area contributed by atoms with Crippen molar-refractivity contribution in [3.63, 3.8) is 0 Å². The lowest BCUT2D eigenvalue weighted by molar-refractivity contribution is 0.0945. The Morgan fingerprint density at radius 2 is 2.33 bits per heavy atom. The maximum absolute atomic E-state index is 12.1. The van der Waals surface area contributed by atoms with Gasteiger partial charge in [-0.3, -0.25) is 4.79 Å². The second kappa shape index (κ2) is 5.85. The molecule has 1 heterocycles. The van der Waals surface area contributed by atoms with Gasteiger partial charge in [0.2, 0.25) is 0 Å². The first-order chi connectivity index (χ1) is 8.72. The molecule has 0 spiro atoms. The summed E-state index contributed by atoms with van der Waals surface area (Å²) in [5.74, 6) is 1.95. The standard InChI is InChI=1S/C14H21N3O/c1-10-5-3-6-11(10)9-17-14(18)12-7-4-8-16-13(12)15-2/h4,7-8,10-11H,3,5-6,9H2,1-2H3,(H,15,16)(H,17,18). The summed E-state index contributed by atoms with van der Waals surface area (Å²) in [7, 11) is 1.78. The number of nitrogens with one attached hydrogen (secondary N) is 2. The predicted octanol–water partition coefficient (Wildman–Crippen LogP) is 2.29. The predicted molar refractivity (Wildman–Crippen MR) is 72.6 cm³/mol. The molecule has 1 aliphatic carbocycles. The highest BCUT2D eigenvalue weighted by Gasteiger charge is 2.24. The fourth-order valence-corrected chi connectivity index (χ4v) is 2.63. The van der Waals surface area contributed by atoms with Crippen LogP contribution in [0.5, 0.6) is 0 Å². The summed E-state index contributed by atoms with van der Waals surface area (Å²) in [4.78, 5) is 16.2. The first-order valence-corrected chi connectivity index (χ1v) is 6.63. The van der Waals surface area contributed by atoms with Crippen LogP contribution < -0.4 is 10.6 Å². The van der Waals surface area contributed by atoms with Crippen LogP contribution in [0.15, 0.2) is 18.3 Å². The van der Waals surface area contributed by atoms with Gasteiger partial charge in [0.25, 0.3) is 5.91 Å². The molecule has 4 heteroatoms. The summed E-state index contributed by atoms with van der Waals surface area (Å²) in [5, 5.41) is 5.97. The van der Waals surface area contributed by atoms with Crippen molar-refractivity contribution in [1.29, 1.82) is 0 Å². The lowest BCUT2D eigenvalue weighted by Crippen LogP contribution is -2.30. The molecule has 1 aromatic heterocycles. The molecule has 2 N–H and O–H groups in total. The van der Waals surface area contributed by atoms with Crippen LogP contribution in [0.4, 0.5) is 5.82 Å². The second-order valence-corrected chi connectivity index (χ2v) is 5.03. The van der Waals surface area contributed by atoms with E-state index in [0.717, 1.165) is 12.5 Å². The number of hydrogen-bond donors (Lipinski definition) is 2. The van der Waals surface area contributed by atoms with Gasteiger partial charge in [0.1, 0.15) is 5.82 Å². The maximum Gasteiger partial charge on any atom is 0.255 e. The summed E-state index contributed by atoms with van der Waals surface area (Å²) in [6.07, 6.45) is 5.49. The van der Waals surface area contributed by atoms with Crippen LogP contribution in [0.1, 0.15) is 36.5 Å². The fraction of sp³-hybridized carbons (Fsp3) is 0.571. The van der Waals surface area contributed by atoms with Gasteiger partial charge in [0.15, 0.2) is 0 Å². The molecular formula is C14H21N3O. The minimum atomic E-state index is -0.0356. The quantitative estimate of drug-likeness (QED) is 0.858. The van der Waals surface area contributed by atoms with E-state index in [1.54, 1.807) is 25.4 Å². The van der Waals surface area contributed by atoms with Crippen molar-refractivity contribution in [3.05, 3.63) is 23.9 Å². The van der Waals surface area contributed by atoms with Crippen LogP contribution in [-0.2, 0) is 0 Å². The summed E-state index contributed by atoms with van der Waals surface area (Å²) in [6, 6.07) is 3.58. The minimum absolute atomic E-state index is 0.0356. The Kier molecular flexibility index (Phi) is 4.18. The number of hydrogen-bond acceptors (Lipinski definition) is 3. The Labute approximate surface area is 108 Å². The largest absolute Gasteiger partial charge is 0.372 e. The third-order valence-electron chi connectivity index (χ3n) is 3.85. The third-order valence-corrected chi connectivity index (χ3v) is 3.85. The second-order valence-electron chi connectivity index (χ2n) is 5.03. The van der Waals surface area contributed by atoms with E-state index in [-0.39, 0.29) is 5.91 Å². The molecule has 0 aromatic carbocycles. The lowest BCUT2D eigenvalue weighted by Gasteiger charge is -2.16. The van der Waals surface area contributed by atoms with Crippen LogP contribution in [-0.4, -0.2) is 24.5 Å². The summed E-state index contributed by atoms with van der Waals surface area (Å²) in [6.45, 7) is 3.05. The van der Waals surface area contributed by atoms with Crippen molar-refractivity contribution in [2.75, 3.05) is 18.9 Å². The molecule has 18 heavy (non-hydrogen) atoms. The number of pyridine rings is 1. The molecule has 2 unspecified atom stereocenters. The molecule has 0 aliphatic heterocycles. The number of anilines is 1. The Balaban J connectivity index is 1.95. The Hall–Kier alpha value is -1.58. The molecule has 2 atom stereocenters. The van der Waals surface area contributed by atoms with Gasteiger partial charge in [-0.15, -0.1) is 0 Å². The molecule has 4 nitrogen and oxygen atoms in total. The van der Waals surface area contributed by atoms with E-state index in [0.29, 0.717) is 17.3 Å². The zero-order chi connectivity index (χ0) is 13.0. The van der Waals surface area contributed by atoms with E-state index in [2.05, 4.69) is 22.5 Å². The number of carbonyl (C=O) groups excluding carboxylic acids is 1. The first-order valence-electron chi connectivity index (χ1n) is 6.63. The average Bonchev–Trinajstić information content (AvgIpc) is 2.81. The van der Waals surface area contributed by atoms with E-state index in [9.17, 15) is 4.79 Å². The van der Waals surface area contributed by atoms with Crippen LogP contribution in [0.3, 0.4) is 0 Å². The number of nitrogens with zero attached hydrogens (tertiary/aromatic N) is 1. The van der Waals surface area contributed by atoms with E-state index in [4.69, 9.17) is 0 Å². The minimum Gasteiger partial charge on any atom is -0.372 e. The molecule has 98 valence electrons. The number of amides is 1. The highest BCUT2D eigenvalue weighted by molar-refractivity contribution is 5.98. The summed E-state index contributed by atoms with van der Waals surface area (Å²) < 4.78 is 0. The van der Waals surface area contributed by atoms with Crippen molar-refractivity contribution in [1.82, 2.24) is 10.3 Å². The average molecular weight is 247 g/mol. The van der Waals surface area contributed by atoms with Crippen molar-refractivity contribution >= 4 is 11.7 Å². The molecule has 1 saturated carbocycles. The van der Waals surface area contributed by atoms with Crippen molar-refractivity contribution in [2.24, 2.45) is 11.8 Å². The highest BCUT2D eigenvalue weighted by atomic mass is 16.1. The first kappa shape index (κ1) is 12.9. The zero-order valence-corrected chi connectivity index (χ0v) is 11.1. The Morgan fingerprint density at radius 1 is 1.50 bits per heavy atom. The molecule has 2 rings (SSSR count). The molecule has 1 aromatic rings. The van der Waals surface area contributed by atoms with Gasteiger partial charge in [0.05, 0.1) is 5.56 Å². The van der Waals surface area contributed by atoms with Crippen molar-refractivity contribution in [3.8, 4) is 0 Å². The van der Waals surface area contributed by atoms with Crippen LogP contribution >= 0.6 is 0 Å². The van der Waals surface area contributed by atoms with Crippen LogP contribution in [0.25, 0.3) is 0 Å². The zero-order valence-electron chi connectivity index (χ0n) is 11.1. The van der Waals surface area contributed by atoms with Gasteiger partial charge in [-0.25, -0.2) is 4.98 Å². The molecule has 1 amide bonds. The molecular weight excluding hydrogens is 226 g/mol.